The van der Waals surface area contributed by atoms with Gasteiger partial charge in [-0.2, -0.15) is 0 Å². The molecule has 19 heavy (non-hydrogen) atoms. The summed E-state index contributed by atoms with van der Waals surface area (Å²) in [7, 11) is 0. The van der Waals surface area contributed by atoms with Crippen molar-refractivity contribution in [3.05, 3.63) is 34.3 Å². The second-order valence-corrected chi connectivity index (χ2v) is 6.45. The highest BCUT2D eigenvalue weighted by molar-refractivity contribution is 9.10. The SMILES string of the molecule is CC(C)CCC(C)(O)CNC(=O)c1ccccc1Br. The van der Waals surface area contributed by atoms with E-state index in [1.165, 1.54) is 0 Å². The van der Waals surface area contributed by atoms with Crippen LogP contribution in [0.15, 0.2) is 28.7 Å². The van der Waals surface area contributed by atoms with E-state index < -0.39 is 5.60 Å². The number of hydrogen-bond donors (Lipinski definition) is 2. The zero-order valence-corrected chi connectivity index (χ0v) is 13.3. The number of amides is 1. The Balaban J connectivity index is 2.52. The normalized spacial score (nSPS) is 14.2. The first-order valence-corrected chi connectivity index (χ1v) is 7.36. The number of aliphatic hydroxyl groups is 1. The van der Waals surface area contributed by atoms with Gasteiger partial charge in [0.05, 0.1) is 11.2 Å². The van der Waals surface area contributed by atoms with Crippen LogP contribution in [0.5, 0.6) is 0 Å². The lowest BCUT2D eigenvalue weighted by Gasteiger charge is -2.24. The van der Waals surface area contributed by atoms with Crippen LogP contribution in [-0.4, -0.2) is 23.2 Å². The number of benzene rings is 1. The van der Waals surface area contributed by atoms with Crippen molar-refractivity contribution in [3.8, 4) is 0 Å². The fourth-order valence-electron chi connectivity index (χ4n) is 1.70. The second kappa shape index (κ2) is 7.06. The Bertz CT molecular complexity index is 430. The zero-order chi connectivity index (χ0) is 14.5. The molecule has 4 heteroatoms. The Labute approximate surface area is 123 Å². The van der Waals surface area contributed by atoms with Gasteiger partial charge in [0.15, 0.2) is 0 Å². The summed E-state index contributed by atoms with van der Waals surface area (Å²) in [4.78, 5) is 12.0. The smallest absolute Gasteiger partial charge is 0.252 e. The van der Waals surface area contributed by atoms with Crippen LogP contribution in [0.25, 0.3) is 0 Å². The minimum atomic E-state index is -0.860. The van der Waals surface area contributed by atoms with Gasteiger partial charge in [0, 0.05) is 11.0 Å². The molecule has 1 aromatic rings. The topological polar surface area (TPSA) is 49.3 Å². The molecule has 0 fully saturated rings. The average Bonchev–Trinajstić information content (AvgIpc) is 2.34. The van der Waals surface area contributed by atoms with Crippen LogP contribution in [0.3, 0.4) is 0 Å². The minimum Gasteiger partial charge on any atom is -0.388 e. The Hall–Kier alpha value is -0.870. The maximum atomic E-state index is 12.0. The molecule has 0 radical (unpaired) electrons. The summed E-state index contributed by atoms with van der Waals surface area (Å²) in [5.41, 5.74) is -0.275. The first-order valence-electron chi connectivity index (χ1n) is 6.57. The van der Waals surface area contributed by atoms with Crippen LogP contribution in [0.1, 0.15) is 44.0 Å². The molecule has 1 unspecified atom stereocenters. The van der Waals surface area contributed by atoms with Crippen molar-refractivity contribution in [1.29, 1.82) is 0 Å². The van der Waals surface area contributed by atoms with E-state index in [1.807, 2.05) is 18.2 Å². The van der Waals surface area contributed by atoms with E-state index in [4.69, 9.17) is 0 Å². The van der Waals surface area contributed by atoms with E-state index in [-0.39, 0.29) is 12.5 Å². The average molecular weight is 328 g/mol. The van der Waals surface area contributed by atoms with Gasteiger partial charge < -0.3 is 10.4 Å². The van der Waals surface area contributed by atoms with E-state index in [0.717, 1.165) is 10.9 Å². The highest BCUT2D eigenvalue weighted by atomic mass is 79.9. The molecule has 3 nitrogen and oxygen atoms in total. The van der Waals surface area contributed by atoms with Crippen molar-refractivity contribution >= 4 is 21.8 Å². The zero-order valence-electron chi connectivity index (χ0n) is 11.7. The predicted octanol–water partition coefficient (Wildman–Crippen LogP) is 3.37. The minimum absolute atomic E-state index is 0.169. The predicted molar refractivity (Wildman–Crippen MR) is 81.2 cm³/mol. The fourth-order valence-corrected chi connectivity index (χ4v) is 2.16. The van der Waals surface area contributed by atoms with E-state index in [2.05, 4.69) is 35.1 Å². The van der Waals surface area contributed by atoms with E-state index in [9.17, 15) is 9.90 Å². The highest BCUT2D eigenvalue weighted by Gasteiger charge is 2.22. The third-order valence-corrected chi connectivity index (χ3v) is 3.70. The Morgan fingerprint density at radius 2 is 2.05 bits per heavy atom. The molecule has 0 spiro atoms. The number of halogens is 1. The van der Waals surface area contributed by atoms with Gasteiger partial charge in [-0.25, -0.2) is 0 Å². The van der Waals surface area contributed by atoms with Crippen LogP contribution in [-0.2, 0) is 0 Å². The molecule has 0 aliphatic rings. The summed E-state index contributed by atoms with van der Waals surface area (Å²) in [5.74, 6) is 0.378. The van der Waals surface area contributed by atoms with E-state index in [1.54, 1.807) is 13.0 Å². The number of nitrogens with one attached hydrogen (secondary N) is 1. The van der Waals surface area contributed by atoms with Gasteiger partial charge in [-0.05, 0) is 53.7 Å². The third-order valence-electron chi connectivity index (χ3n) is 3.01. The maximum absolute atomic E-state index is 12.0. The van der Waals surface area contributed by atoms with Crippen molar-refractivity contribution in [2.24, 2.45) is 5.92 Å². The molecule has 2 N–H and O–H groups in total. The Morgan fingerprint density at radius 1 is 1.42 bits per heavy atom. The van der Waals surface area contributed by atoms with Gasteiger partial charge in [0.25, 0.3) is 5.91 Å². The number of carbonyl (C=O) groups excluding carboxylic acids is 1. The first kappa shape index (κ1) is 16.2. The van der Waals surface area contributed by atoms with E-state index >= 15 is 0 Å². The molecule has 0 aromatic heterocycles. The van der Waals surface area contributed by atoms with Gasteiger partial charge in [0.1, 0.15) is 0 Å². The summed E-state index contributed by atoms with van der Waals surface area (Å²) in [6.45, 7) is 6.26. The Kier molecular flexibility index (Phi) is 6.01. The lowest BCUT2D eigenvalue weighted by molar-refractivity contribution is 0.0429. The summed E-state index contributed by atoms with van der Waals surface area (Å²) in [6.07, 6.45) is 1.62. The van der Waals surface area contributed by atoms with Crippen LogP contribution in [0, 0.1) is 5.92 Å². The van der Waals surface area contributed by atoms with Crippen LogP contribution >= 0.6 is 15.9 Å². The first-order chi connectivity index (χ1) is 8.82. The lowest BCUT2D eigenvalue weighted by Crippen LogP contribution is -2.40. The van der Waals surface area contributed by atoms with Crippen molar-refractivity contribution < 1.29 is 9.90 Å². The molecular formula is C15H22BrNO2. The van der Waals surface area contributed by atoms with Crippen molar-refractivity contribution in [2.45, 2.75) is 39.2 Å². The summed E-state index contributed by atoms with van der Waals surface area (Å²) in [6, 6.07) is 7.25. The van der Waals surface area contributed by atoms with Crippen molar-refractivity contribution in [3.63, 3.8) is 0 Å². The molecule has 0 heterocycles. The van der Waals surface area contributed by atoms with Crippen LogP contribution in [0.4, 0.5) is 0 Å². The van der Waals surface area contributed by atoms with Crippen molar-refractivity contribution in [1.82, 2.24) is 5.32 Å². The molecule has 1 rings (SSSR count). The quantitative estimate of drug-likeness (QED) is 0.841. The molecule has 1 amide bonds. The summed E-state index contributed by atoms with van der Waals surface area (Å²) >= 11 is 3.34. The lowest BCUT2D eigenvalue weighted by atomic mass is 9.95. The van der Waals surface area contributed by atoms with E-state index in [0.29, 0.717) is 17.9 Å². The standard InChI is InChI=1S/C15H22BrNO2/c1-11(2)8-9-15(3,19)10-17-14(18)12-6-4-5-7-13(12)16/h4-7,11,19H,8-10H2,1-3H3,(H,17,18). The summed E-state index contributed by atoms with van der Waals surface area (Å²) < 4.78 is 0.759. The molecule has 0 saturated carbocycles. The molecular weight excluding hydrogens is 306 g/mol. The largest absolute Gasteiger partial charge is 0.388 e. The Morgan fingerprint density at radius 3 is 2.63 bits per heavy atom. The third kappa shape index (κ3) is 5.74. The second-order valence-electron chi connectivity index (χ2n) is 5.59. The number of hydrogen-bond acceptors (Lipinski definition) is 2. The maximum Gasteiger partial charge on any atom is 0.252 e. The molecule has 0 aliphatic carbocycles. The molecule has 0 bridgehead atoms. The molecule has 0 saturated heterocycles. The monoisotopic (exact) mass is 327 g/mol. The number of rotatable bonds is 6. The van der Waals surface area contributed by atoms with Gasteiger partial charge in [0.2, 0.25) is 0 Å². The van der Waals surface area contributed by atoms with Crippen molar-refractivity contribution in [2.75, 3.05) is 6.54 Å². The molecule has 0 aliphatic heterocycles. The van der Waals surface area contributed by atoms with Gasteiger partial charge in [-0.15, -0.1) is 0 Å². The van der Waals surface area contributed by atoms with Crippen LogP contribution < -0.4 is 5.32 Å². The highest BCUT2D eigenvalue weighted by Crippen LogP contribution is 2.18. The molecule has 1 aromatic carbocycles. The van der Waals surface area contributed by atoms with Crippen LogP contribution in [0.2, 0.25) is 0 Å². The number of carbonyl (C=O) groups is 1. The van der Waals surface area contributed by atoms with Gasteiger partial charge in [-0.1, -0.05) is 26.0 Å². The summed E-state index contributed by atoms with van der Waals surface area (Å²) in [5, 5.41) is 13.0. The molecule has 1 atom stereocenters. The van der Waals surface area contributed by atoms with Gasteiger partial charge in [-0.3, -0.25) is 4.79 Å². The fraction of sp³-hybridized carbons (Fsp3) is 0.533. The molecule has 106 valence electrons. The van der Waals surface area contributed by atoms with Gasteiger partial charge >= 0.3 is 0 Å².